The van der Waals surface area contributed by atoms with Crippen LogP contribution in [-0.2, 0) is 10.2 Å². The summed E-state index contributed by atoms with van der Waals surface area (Å²) < 4.78 is 6.02. The first-order valence-corrected chi connectivity index (χ1v) is 8.43. The number of ketones is 1. The first kappa shape index (κ1) is 18.7. The standard InChI is InChI=1S/C20H32O2/c1-9-17(21)18(13(3)4)15-11-14(5)12-16(20(6,7)8)19(15)22-10-2/h11-13,18H,9-10H2,1-8H3. The highest BCUT2D eigenvalue weighted by atomic mass is 16.5. The van der Waals surface area contributed by atoms with E-state index >= 15 is 0 Å². The quantitative estimate of drug-likeness (QED) is 0.702. The zero-order chi connectivity index (χ0) is 17.1. The largest absolute Gasteiger partial charge is 0.493 e. The van der Waals surface area contributed by atoms with Gasteiger partial charge in [0.2, 0.25) is 0 Å². The summed E-state index contributed by atoms with van der Waals surface area (Å²) in [6.45, 7) is 17.5. The van der Waals surface area contributed by atoms with E-state index in [1.165, 1.54) is 11.1 Å². The van der Waals surface area contributed by atoms with Gasteiger partial charge in [0.15, 0.2) is 0 Å². The molecule has 0 saturated heterocycles. The Hall–Kier alpha value is -1.31. The summed E-state index contributed by atoms with van der Waals surface area (Å²) in [5.41, 5.74) is 3.44. The molecule has 22 heavy (non-hydrogen) atoms. The lowest BCUT2D eigenvalue weighted by Crippen LogP contribution is -2.22. The molecule has 1 aromatic rings. The molecule has 0 amide bonds. The normalized spacial score (nSPS) is 13.3. The summed E-state index contributed by atoms with van der Waals surface area (Å²) in [6.07, 6.45) is 0.563. The minimum Gasteiger partial charge on any atom is -0.493 e. The second-order valence-electron chi connectivity index (χ2n) is 7.46. The average Bonchev–Trinajstić information content (AvgIpc) is 2.39. The third kappa shape index (κ3) is 4.12. The minimum absolute atomic E-state index is 0.0118. The number of ether oxygens (including phenoxy) is 1. The smallest absolute Gasteiger partial charge is 0.140 e. The van der Waals surface area contributed by atoms with Crippen LogP contribution in [0.25, 0.3) is 0 Å². The molecule has 2 heteroatoms. The Morgan fingerprint density at radius 2 is 1.77 bits per heavy atom. The fourth-order valence-electron chi connectivity index (χ4n) is 3.02. The highest BCUT2D eigenvalue weighted by Gasteiger charge is 2.30. The molecule has 0 fully saturated rings. The van der Waals surface area contributed by atoms with Gasteiger partial charge < -0.3 is 4.74 Å². The van der Waals surface area contributed by atoms with Crippen molar-refractivity contribution in [3.05, 3.63) is 28.8 Å². The molecule has 0 radical (unpaired) electrons. The molecule has 124 valence electrons. The van der Waals surface area contributed by atoms with E-state index in [4.69, 9.17) is 4.74 Å². The second kappa shape index (κ2) is 7.30. The molecule has 2 nitrogen and oxygen atoms in total. The maximum absolute atomic E-state index is 12.5. The van der Waals surface area contributed by atoms with Crippen molar-refractivity contribution in [3.63, 3.8) is 0 Å². The van der Waals surface area contributed by atoms with Crippen LogP contribution in [-0.4, -0.2) is 12.4 Å². The van der Waals surface area contributed by atoms with Gasteiger partial charge in [0, 0.05) is 23.5 Å². The van der Waals surface area contributed by atoms with E-state index < -0.39 is 0 Å². The predicted octanol–water partition coefficient (Wildman–Crippen LogP) is 5.41. The topological polar surface area (TPSA) is 26.3 Å². The lowest BCUT2D eigenvalue weighted by molar-refractivity contribution is -0.121. The highest BCUT2D eigenvalue weighted by Crippen LogP contribution is 2.41. The number of Topliss-reactive ketones (excluding diaryl/α,β-unsaturated/α-hetero) is 1. The molecule has 0 heterocycles. The van der Waals surface area contributed by atoms with Crippen molar-refractivity contribution in [2.45, 2.75) is 73.1 Å². The van der Waals surface area contributed by atoms with Crippen LogP contribution in [0.3, 0.4) is 0 Å². The van der Waals surface area contributed by atoms with Crippen molar-refractivity contribution in [1.29, 1.82) is 0 Å². The zero-order valence-corrected chi connectivity index (χ0v) is 15.5. The maximum atomic E-state index is 12.5. The predicted molar refractivity (Wildman–Crippen MR) is 93.9 cm³/mol. The monoisotopic (exact) mass is 304 g/mol. The number of hydrogen-bond donors (Lipinski definition) is 0. The van der Waals surface area contributed by atoms with E-state index in [1.54, 1.807) is 0 Å². The molecular formula is C20H32O2. The molecular weight excluding hydrogens is 272 g/mol. The number of benzene rings is 1. The summed E-state index contributed by atoms with van der Waals surface area (Å²) in [5, 5.41) is 0. The van der Waals surface area contributed by atoms with E-state index in [9.17, 15) is 4.79 Å². The lowest BCUT2D eigenvalue weighted by atomic mass is 9.78. The molecule has 0 aromatic heterocycles. The second-order valence-corrected chi connectivity index (χ2v) is 7.46. The van der Waals surface area contributed by atoms with Gasteiger partial charge in [0.25, 0.3) is 0 Å². The Kier molecular flexibility index (Phi) is 6.22. The van der Waals surface area contributed by atoms with Gasteiger partial charge in [-0.2, -0.15) is 0 Å². The van der Waals surface area contributed by atoms with Gasteiger partial charge >= 0.3 is 0 Å². The highest BCUT2D eigenvalue weighted by molar-refractivity contribution is 5.86. The van der Waals surface area contributed by atoms with Crippen LogP contribution >= 0.6 is 0 Å². The Morgan fingerprint density at radius 1 is 1.18 bits per heavy atom. The van der Waals surface area contributed by atoms with Gasteiger partial charge in [0.05, 0.1) is 6.61 Å². The Balaban J connectivity index is 3.63. The number of rotatable bonds is 6. The van der Waals surface area contributed by atoms with E-state index in [0.717, 1.165) is 11.3 Å². The molecule has 0 N–H and O–H groups in total. The SMILES string of the molecule is CCOc1c(C(C(=O)CC)C(C)C)cc(C)cc1C(C)(C)C. The van der Waals surface area contributed by atoms with Gasteiger partial charge in [0.1, 0.15) is 11.5 Å². The number of hydrogen-bond acceptors (Lipinski definition) is 2. The first-order valence-electron chi connectivity index (χ1n) is 8.43. The molecule has 1 atom stereocenters. The number of carbonyl (C=O) groups is 1. The van der Waals surface area contributed by atoms with Crippen LogP contribution in [0.2, 0.25) is 0 Å². The molecule has 0 aliphatic carbocycles. The first-order chi connectivity index (χ1) is 10.1. The van der Waals surface area contributed by atoms with E-state index in [0.29, 0.717) is 18.8 Å². The Labute approximate surface area is 136 Å². The number of carbonyl (C=O) groups excluding carboxylic acids is 1. The van der Waals surface area contributed by atoms with Crippen LogP contribution in [0.1, 0.15) is 77.5 Å². The molecule has 0 bridgehead atoms. The Morgan fingerprint density at radius 3 is 2.18 bits per heavy atom. The third-order valence-corrected chi connectivity index (χ3v) is 4.06. The van der Waals surface area contributed by atoms with E-state index in [-0.39, 0.29) is 17.3 Å². The summed E-state index contributed by atoms with van der Waals surface area (Å²) >= 11 is 0. The summed E-state index contributed by atoms with van der Waals surface area (Å²) in [5.74, 6) is 1.39. The van der Waals surface area contributed by atoms with Crippen LogP contribution in [0.4, 0.5) is 0 Å². The van der Waals surface area contributed by atoms with Crippen LogP contribution < -0.4 is 4.74 Å². The van der Waals surface area contributed by atoms with E-state index in [1.807, 2.05) is 13.8 Å². The summed E-state index contributed by atoms with van der Waals surface area (Å²) in [7, 11) is 0. The van der Waals surface area contributed by atoms with Gasteiger partial charge in [-0.1, -0.05) is 59.2 Å². The lowest BCUT2D eigenvalue weighted by Gasteiger charge is -2.29. The van der Waals surface area contributed by atoms with Gasteiger partial charge in [-0.25, -0.2) is 0 Å². The molecule has 0 aliphatic rings. The maximum Gasteiger partial charge on any atom is 0.140 e. The van der Waals surface area contributed by atoms with Gasteiger partial charge in [-0.15, -0.1) is 0 Å². The number of aryl methyl sites for hydroxylation is 1. The van der Waals surface area contributed by atoms with Crippen LogP contribution in [0, 0.1) is 12.8 Å². The van der Waals surface area contributed by atoms with Crippen LogP contribution in [0.15, 0.2) is 12.1 Å². The van der Waals surface area contributed by atoms with Gasteiger partial charge in [-0.05, 0) is 25.2 Å². The minimum atomic E-state index is -0.0902. The van der Waals surface area contributed by atoms with Gasteiger partial charge in [-0.3, -0.25) is 4.79 Å². The van der Waals surface area contributed by atoms with Crippen molar-refractivity contribution >= 4 is 5.78 Å². The molecule has 1 rings (SSSR count). The van der Waals surface area contributed by atoms with Crippen molar-refractivity contribution in [2.75, 3.05) is 6.61 Å². The third-order valence-electron chi connectivity index (χ3n) is 4.06. The van der Waals surface area contributed by atoms with Crippen molar-refractivity contribution in [3.8, 4) is 5.75 Å². The zero-order valence-electron chi connectivity index (χ0n) is 15.5. The molecule has 0 spiro atoms. The Bertz CT molecular complexity index is 521. The van der Waals surface area contributed by atoms with E-state index in [2.05, 4.69) is 53.7 Å². The molecule has 0 saturated carbocycles. The van der Waals surface area contributed by atoms with Crippen LogP contribution in [0.5, 0.6) is 5.75 Å². The summed E-state index contributed by atoms with van der Waals surface area (Å²) in [6, 6.07) is 4.33. The molecule has 0 aliphatic heterocycles. The molecule has 1 unspecified atom stereocenters. The average molecular weight is 304 g/mol. The van der Waals surface area contributed by atoms with Crippen molar-refractivity contribution in [1.82, 2.24) is 0 Å². The van der Waals surface area contributed by atoms with Crippen molar-refractivity contribution < 1.29 is 9.53 Å². The summed E-state index contributed by atoms with van der Waals surface area (Å²) in [4.78, 5) is 12.5. The fraction of sp³-hybridized carbons (Fsp3) is 0.650. The fourth-order valence-corrected chi connectivity index (χ4v) is 3.02. The van der Waals surface area contributed by atoms with Crippen molar-refractivity contribution in [2.24, 2.45) is 5.92 Å². The molecule has 1 aromatic carbocycles.